The van der Waals surface area contributed by atoms with Crippen LogP contribution in [-0.4, -0.2) is 43.3 Å². The van der Waals surface area contributed by atoms with E-state index in [1.807, 2.05) is 0 Å². The average molecular weight is 299 g/mol. The van der Waals surface area contributed by atoms with Gasteiger partial charge in [0.2, 0.25) is 0 Å². The molecule has 1 aromatic rings. The van der Waals surface area contributed by atoms with Crippen LogP contribution in [0.5, 0.6) is 6.01 Å². The minimum absolute atomic E-state index is 0.371. The van der Waals surface area contributed by atoms with Crippen LogP contribution in [0, 0.1) is 5.92 Å². The van der Waals surface area contributed by atoms with Crippen LogP contribution < -0.4 is 15.0 Å². The monoisotopic (exact) mass is 298 g/mol. The van der Waals surface area contributed by atoms with Crippen molar-refractivity contribution in [2.24, 2.45) is 5.92 Å². The number of nitrogens with zero attached hydrogens (tertiary/aromatic N) is 3. The molecule has 112 valence electrons. The maximum absolute atomic E-state index is 6.27. The molecular formula is C14H23ClN4O. The van der Waals surface area contributed by atoms with Crippen LogP contribution in [0.15, 0.2) is 6.20 Å². The SMILES string of the molecule is CCCN(CC1CCNCC1)c1nc(OC)ncc1Cl. The molecule has 2 rings (SSSR count). The Bertz CT molecular complexity index is 424. The lowest BCUT2D eigenvalue weighted by molar-refractivity contribution is 0.368. The number of rotatable bonds is 6. The van der Waals surface area contributed by atoms with Crippen molar-refractivity contribution in [3.05, 3.63) is 11.2 Å². The molecule has 1 aliphatic heterocycles. The van der Waals surface area contributed by atoms with Crippen LogP contribution in [0.1, 0.15) is 26.2 Å². The maximum Gasteiger partial charge on any atom is 0.318 e. The van der Waals surface area contributed by atoms with Gasteiger partial charge in [0.1, 0.15) is 5.02 Å². The van der Waals surface area contributed by atoms with Gasteiger partial charge in [-0.2, -0.15) is 4.98 Å². The molecule has 0 radical (unpaired) electrons. The van der Waals surface area contributed by atoms with Crippen molar-refractivity contribution in [3.8, 4) is 6.01 Å². The van der Waals surface area contributed by atoms with Crippen molar-refractivity contribution in [1.29, 1.82) is 0 Å². The highest BCUT2D eigenvalue weighted by molar-refractivity contribution is 6.32. The first-order valence-corrected chi connectivity index (χ1v) is 7.64. The molecule has 0 amide bonds. The number of hydrogen-bond acceptors (Lipinski definition) is 5. The lowest BCUT2D eigenvalue weighted by Crippen LogP contribution is -2.37. The topological polar surface area (TPSA) is 50.3 Å². The van der Waals surface area contributed by atoms with E-state index in [9.17, 15) is 0 Å². The van der Waals surface area contributed by atoms with E-state index >= 15 is 0 Å². The first-order valence-electron chi connectivity index (χ1n) is 7.26. The highest BCUT2D eigenvalue weighted by Gasteiger charge is 2.20. The summed E-state index contributed by atoms with van der Waals surface area (Å²) in [4.78, 5) is 10.7. The second kappa shape index (κ2) is 7.64. The Hall–Kier alpha value is -1.07. The quantitative estimate of drug-likeness (QED) is 0.874. The van der Waals surface area contributed by atoms with Crippen LogP contribution in [-0.2, 0) is 0 Å². The van der Waals surface area contributed by atoms with Gasteiger partial charge in [0.05, 0.1) is 13.3 Å². The van der Waals surface area contributed by atoms with E-state index in [0.717, 1.165) is 38.4 Å². The molecule has 20 heavy (non-hydrogen) atoms. The zero-order chi connectivity index (χ0) is 14.4. The predicted octanol–water partition coefficient (Wildman–Crippen LogP) is 2.35. The van der Waals surface area contributed by atoms with Crippen LogP contribution in [0.3, 0.4) is 0 Å². The van der Waals surface area contributed by atoms with E-state index < -0.39 is 0 Å². The van der Waals surface area contributed by atoms with Gasteiger partial charge in [0.15, 0.2) is 5.82 Å². The van der Waals surface area contributed by atoms with Crippen LogP contribution in [0.4, 0.5) is 5.82 Å². The summed E-state index contributed by atoms with van der Waals surface area (Å²) in [6.45, 7) is 6.32. The molecule has 1 aromatic heterocycles. The molecule has 0 bridgehead atoms. The number of halogens is 1. The molecule has 0 unspecified atom stereocenters. The highest BCUT2D eigenvalue weighted by atomic mass is 35.5. The Morgan fingerprint density at radius 2 is 2.20 bits per heavy atom. The second-order valence-electron chi connectivity index (χ2n) is 5.17. The zero-order valence-electron chi connectivity index (χ0n) is 12.2. The summed E-state index contributed by atoms with van der Waals surface area (Å²) in [6, 6.07) is 0.371. The van der Waals surface area contributed by atoms with Crippen LogP contribution in [0.2, 0.25) is 5.02 Å². The van der Waals surface area contributed by atoms with E-state index in [2.05, 4.69) is 27.1 Å². The summed E-state index contributed by atoms with van der Waals surface area (Å²) >= 11 is 6.27. The van der Waals surface area contributed by atoms with E-state index in [-0.39, 0.29) is 0 Å². The van der Waals surface area contributed by atoms with Crippen molar-refractivity contribution in [1.82, 2.24) is 15.3 Å². The summed E-state index contributed by atoms with van der Waals surface area (Å²) in [5.41, 5.74) is 0. The molecule has 0 aliphatic carbocycles. The zero-order valence-corrected chi connectivity index (χ0v) is 13.0. The van der Waals surface area contributed by atoms with Crippen molar-refractivity contribution in [2.75, 3.05) is 38.2 Å². The van der Waals surface area contributed by atoms with Crippen molar-refractivity contribution >= 4 is 17.4 Å². The maximum atomic E-state index is 6.27. The summed E-state index contributed by atoms with van der Waals surface area (Å²) in [5.74, 6) is 1.48. The van der Waals surface area contributed by atoms with Gasteiger partial charge in [-0.3, -0.25) is 0 Å². The molecule has 1 N–H and O–H groups in total. The highest BCUT2D eigenvalue weighted by Crippen LogP contribution is 2.26. The van der Waals surface area contributed by atoms with E-state index in [4.69, 9.17) is 16.3 Å². The fourth-order valence-corrected chi connectivity index (χ4v) is 2.80. The predicted molar refractivity (Wildman–Crippen MR) is 81.7 cm³/mol. The molecule has 0 atom stereocenters. The lowest BCUT2D eigenvalue weighted by atomic mass is 9.97. The summed E-state index contributed by atoms with van der Waals surface area (Å²) < 4.78 is 5.11. The van der Waals surface area contributed by atoms with Gasteiger partial charge in [0.25, 0.3) is 0 Å². The van der Waals surface area contributed by atoms with Gasteiger partial charge >= 0.3 is 6.01 Å². The van der Waals surface area contributed by atoms with E-state index in [1.165, 1.54) is 12.8 Å². The Morgan fingerprint density at radius 3 is 2.85 bits per heavy atom. The van der Waals surface area contributed by atoms with Crippen LogP contribution >= 0.6 is 11.6 Å². The Kier molecular flexibility index (Phi) is 5.86. The fraction of sp³-hybridized carbons (Fsp3) is 0.714. The van der Waals surface area contributed by atoms with Gasteiger partial charge in [-0.15, -0.1) is 0 Å². The second-order valence-corrected chi connectivity index (χ2v) is 5.57. The van der Waals surface area contributed by atoms with Gasteiger partial charge < -0.3 is 15.0 Å². The number of aromatic nitrogens is 2. The van der Waals surface area contributed by atoms with Gasteiger partial charge in [-0.1, -0.05) is 18.5 Å². The number of ether oxygens (including phenoxy) is 1. The molecule has 0 saturated carbocycles. The minimum atomic E-state index is 0.371. The minimum Gasteiger partial charge on any atom is -0.467 e. The third-order valence-electron chi connectivity index (χ3n) is 3.62. The largest absolute Gasteiger partial charge is 0.467 e. The number of anilines is 1. The number of methoxy groups -OCH3 is 1. The van der Waals surface area contributed by atoms with Crippen LogP contribution in [0.25, 0.3) is 0 Å². The van der Waals surface area contributed by atoms with Crippen molar-refractivity contribution in [3.63, 3.8) is 0 Å². The first kappa shape index (κ1) is 15.3. The third kappa shape index (κ3) is 3.96. The molecular weight excluding hydrogens is 276 g/mol. The number of nitrogens with one attached hydrogen (secondary N) is 1. The van der Waals surface area contributed by atoms with Gasteiger partial charge in [-0.05, 0) is 38.3 Å². The van der Waals surface area contributed by atoms with Crippen molar-refractivity contribution in [2.45, 2.75) is 26.2 Å². The molecule has 2 heterocycles. The molecule has 1 fully saturated rings. The standard InChI is InChI=1S/C14H23ClN4O/c1-3-8-19(10-11-4-6-16-7-5-11)13-12(15)9-17-14(18-13)20-2/h9,11,16H,3-8,10H2,1-2H3. The van der Waals surface area contributed by atoms with Gasteiger partial charge in [-0.25, -0.2) is 4.98 Å². The molecule has 0 aromatic carbocycles. The molecule has 1 saturated heterocycles. The number of hydrogen-bond donors (Lipinski definition) is 1. The number of piperidine rings is 1. The summed E-state index contributed by atoms with van der Waals surface area (Å²) in [5, 5.41) is 3.99. The average Bonchev–Trinajstić information content (AvgIpc) is 2.48. The Labute approximate surface area is 125 Å². The summed E-state index contributed by atoms with van der Waals surface area (Å²) in [7, 11) is 1.57. The van der Waals surface area contributed by atoms with E-state index in [0.29, 0.717) is 17.0 Å². The molecule has 6 heteroatoms. The van der Waals surface area contributed by atoms with E-state index in [1.54, 1.807) is 13.3 Å². The summed E-state index contributed by atoms with van der Waals surface area (Å²) in [6.07, 6.45) is 5.10. The molecule has 5 nitrogen and oxygen atoms in total. The molecule has 1 aliphatic rings. The van der Waals surface area contributed by atoms with Gasteiger partial charge in [0, 0.05) is 13.1 Å². The fourth-order valence-electron chi connectivity index (χ4n) is 2.59. The third-order valence-corrected chi connectivity index (χ3v) is 3.88. The lowest BCUT2D eigenvalue weighted by Gasteiger charge is -2.31. The molecule has 0 spiro atoms. The Balaban J connectivity index is 2.13. The smallest absolute Gasteiger partial charge is 0.318 e. The van der Waals surface area contributed by atoms with Crippen molar-refractivity contribution < 1.29 is 4.74 Å². The Morgan fingerprint density at radius 1 is 1.45 bits per heavy atom. The first-order chi connectivity index (χ1) is 9.74. The normalized spacial score (nSPS) is 16.1.